The first-order chi connectivity index (χ1) is 10.2. The molecule has 1 unspecified atom stereocenters. The second-order valence-corrected chi connectivity index (χ2v) is 8.56. The van der Waals surface area contributed by atoms with Gasteiger partial charge in [0, 0.05) is 26.1 Å². The fourth-order valence-electron chi connectivity index (χ4n) is 3.27. The van der Waals surface area contributed by atoms with Gasteiger partial charge in [-0.25, -0.2) is 8.42 Å². The number of ether oxygens (including phenoxy) is 2. The fourth-order valence-corrected chi connectivity index (χ4v) is 5.05. The highest BCUT2D eigenvalue weighted by molar-refractivity contribution is 7.89. The van der Waals surface area contributed by atoms with Crippen LogP contribution in [-0.4, -0.2) is 50.2 Å². The van der Waals surface area contributed by atoms with Gasteiger partial charge in [-0.2, -0.15) is 4.31 Å². The molecule has 0 aromatic heterocycles. The van der Waals surface area contributed by atoms with Crippen LogP contribution in [0.15, 0.2) is 29.2 Å². The number of para-hydroxylation sites is 1. The first kappa shape index (κ1) is 15.7. The zero-order valence-electron chi connectivity index (χ0n) is 12.9. The SMILES string of the molecule is CC1(C)CN(S(=O)(=O)c2ccccc2N)CC2(CCOC2)O1. The summed E-state index contributed by atoms with van der Waals surface area (Å²) < 4.78 is 39.1. The number of nitrogens with two attached hydrogens (primary N) is 1. The van der Waals surface area contributed by atoms with E-state index in [1.807, 2.05) is 13.8 Å². The second kappa shape index (κ2) is 5.19. The number of sulfonamides is 1. The summed E-state index contributed by atoms with van der Waals surface area (Å²) in [4.78, 5) is 0.154. The van der Waals surface area contributed by atoms with Crippen LogP contribution in [0.2, 0.25) is 0 Å². The van der Waals surface area contributed by atoms with Gasteiger partial charge < -0.3 is 15.2 Å². The van der Waals surface area contributed by atoms with Crippen molar-refractivity contribution in [3.05, 3.63) is 24.3 Å². The average molecular weight is 326 g/mol. The minimum absolute atomic E-state index is 0.154. The molecule has 2 saturated heterocycles. The van der Waals surface area contributed by atoms with E-state index in [4.69, 9.17) is 15.2 Å². The lowest BCUT2D eigenvalue weighted by Crippen LogP contribution is -2.61. The smallest absolute Gasteiger partial charge is 0.245 e. The van der Waals surface area contributed by atoms with Crippen molar-refractivity contribution in [3.8, 4) is 0 Å². The molecule has 22 heavy (non-hydrogen) atoms. The highest BCUT2D eigenvalue weighted by Gasteiger charge is 2.50. The van der Waals surface area contributed by atoms with Gasteiger partial charge in [-0.05, 0) is 26.0 Å². The molecule has 2 aliphatic heterocycles. The maximum absolute atomic E-state index is 13.0. The van der Waals surface area contributed by atoms with Gasteiger partial charge in [0.25, 0.3) is 0 Å². The molecule has 7 heteroatoms. The van der Waals surface area contributed by atoms with E-state index in [9.17, 15) is 8.42 Å². The number of hydrogen-bond donors (Lipinski definition) is 1. The van der Waals surface area contributed by atoms with Crippen LogP contribution < -0.4 is 5.73 Å². The Morgan fingerprint density at radius 3 is 2.59 bits per heavy atom. The fraction of sp³-hybridized carbons (Fsp3) is 0.600. The van der Waals surface area contributed by atoms with Crippen LogP contribution in [0, 0.1) is 0 Å². The van der Waals surface area contributed by atoms with E-state index in [2.05, 4.69) is 0 Å². The van der Waals surface area contributed by atoms with Crippen molar-refractivity contribution < 1.29 is 17.9 Å². The van der Waals surface area contributed by atoms with E-state index in [1.165, 1.54) is 4.31 Å². The van der Waals surface area contributed by atoms with Crippen LogP contribution in [0.3, 0.4) is 0 Å². The zero-order valence-corrected chi connectivity index (χ0v) is 13.7. The highest BCUT2D eigenvalue weighted by atomic mass is 32.2. The van der Waals surface area contributed by atoms with E-state index in [1.54, 1.807) is 24.3 Å². The number of anilines is 1. The number of rotatable bonds is 2. The minimum Gasteiger partial charge on any atom is -0.398 e. The molecule has 1 atom stereocenters. The summed E-state index contributed by atoms with van der Waals surface area (Å²) in [5.74, 6) is 0. The van der Waals surface area contributed by atoms with E-state index in [-0.39, 0.29) is 10.6 Å². The maximum atomic E-state index is 13.0. The van der Waals surface area contributed by atoms with Crippen LogP contribution in [-0.2, 0) is 19.5 Å². The van der Waals surface area contributed by atoms with Gasteiger partial charge in [0.05, 0.1) is 17.9 Å². The molecule has 2 fully saturated rings. The lowest BCUT2D eigenvalue weighted by Gasteiger charge is -2.47. The van der Waals surface area contributed by atoms with Crippen molar-refractivity contribution in [1.29, 1.82) is 0 Å². The summed E-state index contributed by atoms with van der Waals surface area (Å²) in [5, 5.41) is 0. The molecular formula is C15H22N2O4S. The highest BCUT2D eigenvalue weighted by Crippen LogP contribution is 2.37. The minimum atomic E-state index is -3.65. The first-order valence-corrected chi connectivity index (χ1v) is 8.81. The third kappa shape index (κ3) is 2.74. The van der Waals surface area contributed by atoms with Crippen molar-refractivity contribution in [2.45, 2.75) is 36.4 Å². The number of benzene rings is 1. The average Bonchev–Trinajstić information content (AvgIpc) is 2.84. The van der Waals surface area contributed by atoms with Crippen LogP contribution in [0.5, 0.6) is 0 Å². The molecule has 0 radical (unpaired) electrons. The van der Waals surface area contributed by atoms with Gasteiger partial charge >= 0.3 is 0 Å². The van der Waals surface area contributed by atoms with Crippen LogP contribution >= 0.6 is 0 Å². The van der Waals surface area contributed by atoms with E-state index < -0.39 is 21.2 Å². The third-order valence-electron chi connectivity index (χ3n) is 4.12. The molecule has 2 N–H and O–H groups in total. The zero-order chi connectivity index (χ0) is 16.0. The van der Waals surface area contributed by atoms with Crippen LogP contribution in [0.25, 0.3) is 0 Å². The Morgan fingerprint density at radius 2 is 1.95 bits per heavy atom. The molecule has 2 aliphatic rings. The Morgan fingerprint density at radius 1 is 1.23 bits per heavy atom. The lowest BCUT2D eigenvalue weighted by molar-refractivity contribution is -0.180. The standard InChI is InChI=1S/C15H22N2O4S/c1-14(2)9-17(10-15(21-14)7-8-20-11-15)22(18,19)13-6-4-3-5-12(13)16/h3-6H,7-11,16H2,1-2H3. The molecule has 0 amide bonds. The van der Waals surface area contributed by atoms with Crippen molar-refractivity contribution in [3.63, 3.8) is 0 Å². The van der Waals surface area contributed by atoms with Crippen LogP contribution in [0.4, 0.5) is 5.69 Å². The van der Waals surface area contributed by atoms with Crippen LogP contribution in [0.1, 0.15) is 20.3 Å². The molecule has 0 bridgehead atoms. The Bertz CT molecular complexity index is 666. The number of nitrogen functional groups attached to an aromatic ring is 1. The third-order valence-corrected chi connectivity index (χ3v) is 5.98. The van der Waals surface area contributed by atoms with Crippen molar-refractivity contribution in [2.75, 3.05) is 32.0 Å². The molecule has 1 spiro atoms. The Labute approximate surface area is 131 Å². The van der Waals surface area contributed by atoms with Crippen molar-refractivity contribution in [1.82, 2.24) is 4.31 Å². The summed E-state index contributed by atoms with van der Waals surface area (Å²) in [6, 6.07) is 6.56. The Balaban J connectivity index is 1.98. The molecule has 3 rings (SSSR count). The Hall–Kier alpha value is -1.15. The normalized spacial score (nSPS) is 29.0. The Kier molecular flexibility index (Phi) is 3.71. The topological polar surface area (TPSA) is 81.9 Å². The lowest BCUT2D eigenvalue weighted by atomic mass is 9.97. The number of nitrogens with zero attached hydrogens (tertiary/aromatic N) is 1. The molecule has 1 aromatic rings. The summed E-state index contributed by atoms with van der Waals surface area (Å²) in [6.45, 7) is 5.43. The van der Waals surface area contributed by atoms with Gasteiger partial charge in [-0.3, -0.25) is 0 Å². The van der Waals surface area contributed by atoms with Gasteiger partial charge in [0.2, 0.25) is 10.0 Å². The summed E-state index contributed by atoms with van der Waals surface area (Å²) >= 11 is 0. The summed E-state index contributed by atoms with van der Waals surface area (Å²) in [6.07, 6.45) is 0.701. The van der Waals surface area contributed by atoms with Gasteiger partial charge in [-0.1, -0.05) is 12.1 Å². The molecule has 0 saturated carbocycles. The van der Waals surface area contributed by atoms with E-state index >= 15 is 0 Å². The van der Waals surface area contributed by atoms with E-state index in [0.717, 1.165) is 0 Å². The maximum Gasteiger partial charge on any atom is 0.245 e. The quantitative estimate of drug-likeness (QED) is 0.827. The predicted molar refractivity (Wildman–Crippen MR) is 82.9 cm³/mol. The monoisotopic (exact) mass is 326 g/mol. The molecule has 1 aromatic carbocycles. The summed E-state index contributed by atoms with van der Waals surface area (Å²) in [5.41, 5.74) is 5.01. The van der Waals surface area contributed by atoms with Crippen molar-refractivity contribution >= 4 is 15.7 Å². The second-order valence-electron chi connectivity index (χ2n) is 6.66. The van der Waals surface area contributed by atoms with Crippen molar-refractivity contribution in [2.24, 2.45) is 0 Å². The number of morpholine rings is 1. The van der Waals surface area contributed by atoms with Gasteiger partial charge in [0.1, 0.15) is 10.5 Å². The molecule has 122 valence electrons. The van der Waals surface area contributed by atoms with E-state index in [0.29, 0.717) is 32.7 Å². The molecule has 0 aliphatic carbocycles. The van der Waals surface area contributed by atoms with Gasteiger partial charge in [0.15, 0.2) is 0 Å². The van der Waals surface area contributed by atoms with Gasteiger partial charge in [-0.15, -0.1) is 0 Å². The number of hydrogen-bond acceptors (Lipinski definition) is 5. The first-order valence-electron chi connectivity index (χ1n) is 7.37. The molecular weight excluding hydrogens is 304 g/mol. The summed E-state index contributed by atoms with van der Waals surface area (Å²) in [7, 11) is -3.65. The largest absolute Gasteiger partial charge is 0.398 e. The molecule has 6 nitrogen and oxygen atoms in total. The predicted octanol–water partition coefficient (Wildman–Crippen LogP) is 1.23. The molecule has 2 heterocycles.